The minimum atomic E-state index is -0.393. The van der Waals surface area contributed by atoms with Crippen LogP contribution in [0.4, 0.5) is 9.18 Å². The molecule has 1 aromatic heterocycles. The van der Waals surface area contributed by atoms with Gasteiger partial charge in [0.1, 0.15) is 12.4 Å². The maximum absolute atomic E-state index is 13.5. The van der Waals surface area contributed by atoms with E-state index in [1.54, 1.807) is 21.9 Å². The number of nitrogens with zero attached hydrogens (tertiary/aromatic N) is 3. The van der Waals surface area contributed by atoms with Gasteiger partial charge in [-0.25, -0.2) is 9.18 Å². The second-order valence-corrected chi connectivity index (χ2v) is 9.07. The summed E-state index contributed by atoms with van der Waals surface area (Å²) in [5.74, 6) is -0.442. The van der Waals surface area contributed by atoms with Gasteiger partial charge in [0.2, 0.25) is 5.91 Å². The monoisotopic (exact) mass is 414 g/mol. The summed E-state index contributed by atoms with van der Waals surface area (Å²) < 4.78 is 15.6. The van der Waals surface area contributed by atoms with Gasteiger partial charge in [0.15, 0.2) is 0 Å². The van der Waals surface area contributed by atoms with Gasteiger partial charge < -0.3 is 19.7 Å². The first-order valence-electron chi connectivity index (χ1n) is 10.4. The molecule has 30 heavy (non-hydrogen) atoms. The van der Waals surface area contributed by atoms with Crippen LogP contribution in [0.2, 0.25) is 0 Å². The fraction of sp³-hybridized carbons (Fsp3) is 0.478. The summed E-state index contributed by atoms with van der Waals surface area (Å²) >= 11 is 0. The molecule has 2 heterocycles. The van der Waals surface area contributed by atoms with E-state index in [0.29, 0.717) is 13.1 Å². The van der Waals surface area contributed by atoms with Crippen molar-refractivity contribution in [2.45, 2.75) is 58.8 Å². The molecule has 162 valence electrons. The van der Waals surface area contributed by atoms with Crippen molar-refractivity contribution in [2.75, 3.05) is 13.1 Å². The summed E-state index contributed by atoms with van der Waals surface area (Å²) in [6, 6.07) is 9.50. The van der Waals surface area contributed by atoms with Crippen molar-refractivity contribution in [2.24, 2.45) is 0 Å². The zero-order chi connectivity index (χ0) is 22.1. The van der Waals surface area contributed by atoms with E-state index in [0.717, 1.165) is 11.3 Å². The summed E-state index contributed by atoms with van der Waals surface area (Å²) in [6.07, 6.45) is 1.99. The number of amides is 3. The van der Waals surface area contributed by atoms with Crippen LogP contribution in [0, 0.1) is 5.82 Å². The highest BCUT2D eigenvalue weighted by atomic mass is 19.1. The molecule has 7 heteroatoms. The first-order chi connectivity index (χ1) is 14.1. The molecular weight excluding hydrogens is 383 g/mol. The van der Waals surface area contributed by atoms with Gasteiger partial charge >= 0.3 is 6.03 Å². The molecule has 0 saturated carbocycles. The number of nitrogens with one attached hydrogen (secondary N) is 1. The molecule has 1 aliphatic rings. The lowest BCUT2D eigenvalue weighted by Crippen LogP contribution is -2.54. The number of hydrogen-bond acceptors (Lipinski definition) is 2. The SMILES string of the molecule is CC(C)N(CC(=O)N1CCn2cccc2[C@@H]1c1ccc(F)cc1)C(=O)NC(C)(C)C. The second-order valence-electron chi connectivity index (χ2n) is 9.07. The number of benzene rings is 1. The number of halogens is 1. The van der Waals surface area contributed by atoms with Crippen LogP contribution in [0.5, 0.6) is 0 Å². The van der Waals surface area contributed by atoms with Crippen LogP contribution in [-0.4, -0.2) is 51.0 Å². The minimum Gasteiger partial charge on any atom is -0.348 e. The van der Waals surface area contributed by atoms with Gasteiger partial charge in [-0.05, 0) is 64.4 Å². The largest absolute Gasteiger partial charge is 0.348 e. The molecule has 1 N–H and O–H groups in total. The highest BCUT2D eigenvalue weighted by molar-refractivity contribution is 5.85. The predicted molar refractivity (Wildman–Crippen MR) is 115 cm³/mol. The number of hydrogen-bond donors (Lipinski definition) is 1. The standard InChI is InChI=1S/C23H31FN4O2/c1-16(2)28(22(30)25-23(3,4)5)15-20(29)27-14-13-26-12-6-7-19(26)21(27)17-8-10-18(24)11-9-17/h6-12,16,21H,13-15H2,1-5H3,(H,25,30)/t21-/m0/s1. The molecule has 1 aromatic carbocycles. The third kappa shape index (κ3) is 4.83. The van der Waals surface area contributed by atoms with E-state index in [-0.39, 0.29) is 36.4 Å². The molecule has 1 atom stereocenters. The number of aromatic nitrogens is 1. The number of carbonyl (C=O) groups excluding carboxylic acids is 2. The highest BCUT2D eigenvalue weighted by Gasteiger charge is 2.34. The number of carbonyl (C=O) groups is 2. The van der Waals surface area contributed by atoms with E-state index in [9.17, 15) is 14.0 Å². The zero-order valence-corrected chi connectivity index (χ0v) is 18.4. The number of fused-ring (bicyclic) bond motifs is 1. The van der Waals surface area contributed by atoms with E-state index >= 15 is 0 Å². The molecule has 0 fully saturated rings. The predicted octanol–water partition coefficient (Wildman–Crippen LogP) is 3.78. The zero-order valence-electron chi connectivity index (χ0n) is 18.4. The van der Waals surface area contributed by atoms with Crippen molar-refractivity contribution in [3.8, 4) is 0 Å². The molecular formula is C23H31FN4O2. The fourth-order valence-corrected chi connectivity index (χ4v) is 3.77. The van der Waals surface area contributed by atoms with Gasteiger partial charge in [0.05, 0.1) is 6.04 Å². The van der Waals surface area contributed by atoms with Crippen molar-refractivity contribution in [1.29, 1.82) is 0 Å². The summed E-state index contributed by atoms with van der Waals surface area (Å²) in [6.45, 7) is 10.7. The van der Waals surface area contributed by atoms with Crippen LogP contribution in [0.3, 0.4) is 0 Å². The van der Waals surface area contributed by atoms with Crippen LogP contribution in [-0.2, 0) is 11.3 Å². The summed E-state index contributed by atoms with van der Waals surface area (Å²) in [4.78, 5) is 29.5. The Hall–Kier alpha value is -2.83. The second kappa shape index (κ2) is 8.50. The average molecular weight is 415 g/mol. The molecule has 0 spiro atoms. The Balaban J connectivity index is 1.87. The highest BCUT2D eigenvalue weighted by Crippen LogP contribution is 2.32. The lowest BCUT2D eigenvalue weighted by molar-refractivity contribution is -0.134. The fourth-order valence-electron chi connectivity index (χ4n) is 3.77. The van der Waals surface area contributed by atoms with Gasteiger partial charge in [0.25, 0.3) is 0 Å². The molecule has 0 bridgehead atoms. The Morgan fingerprint density at radius 1 is 1.17 bits per heavy atom. The first kappa shape index (κ1) is 21.9. The molecule has 0 aliphatic carbocycles. The Labute approximate surface area is 177 Å². The van der Waals surface area contributed by atoms with Crippen molar-refractivity contribution in [3.63, 3.8) is 0 Å². The summed E-state index contributed by atoms with van der Waals surface area (Å²) in [7, 11) is 0. The normalized spacial score (nSPS) is 16.4. The van der Waals surface area contributed by atoms with Crippen molar-refractivity contribution >= 4 is 11.9 Å². The average Bonchev–Trinajstić information content (AvgIpc) is 3.13. The van der Waals surface area contributed by atoms with Crippen molar-refractivity contribution in [1.82, 2.24) is 19.7 Å². The van der Waals surface area contributed by atoms with Gasteiger partial charge in [-0.1, -0.05) is 12.1 Å². The van der Waals surface area contributed by atoms with E-state index < -0.39 is 5.54 Å². The van der Waals surface area contributed by atoms with Gasteiger partial charge in [0, 0.05) is 36.6 Å². The van der Waals surface area contributed by atoms with E-state index in [1.165, 1.54) is 12.1 Å². The van der Waals surface area contributed by atoms with Gasteiger partial charge in [-0.15, -0.1) is 0 Å². The Bertz CT molecular complexity index is 899. The third-order valence-electron chi connectivity index (χ3n) is 5.22. The molecule has 0 radical (unpaired) electrons. The maximum atomic E-state index is 13.5. The Morgan fingerprint density at radius 3 is 2.43 bits per heavy atom. The van der Waals surface area contributed by atoms with Crippen LogP contribution in [0.25, 0.3) is 0 Å². The number of rotatable bonds is 4. The van der Waals surface area contributed by atoms with Crippen molar-refractivity contribution in [3.05, 3.63) is 59.7 Å². The molecule has 1 aliphatic heterocycles. The topological polar surface area (TPSA) is 57.6 Å². The summed E-state index contributed by atoms with van der Waals surface area (Å²) in [5, 5.41) is 2.94. The number of urea groups is 1. The van der Waals surface area contributed by atoms with Crippen LogP contribution >= 0.6 is 0 Å². The Morgan fingerprint density at radius 2 is 1.83 bits per heavy atom. The molecule has 6 nitrogen and oxygen atoms in total. The molecule has 0 saturated heterocycles. The lowest BCUT2D eigenvalue weighted by atomic mass is 9.99. The quantitative estimate of drug-likeness (QED) is 0.828. The van der Waals surface area contributed by atoms with E-state index in [1.807, 2.05) is 52.9 Å². The smallest absolute Gasteiger partial charge is 0.318 e. The van der Waals surface area contributed by atoms with E-state index in [2.05, 4.69) is 9.88 Å². The third-order valence-corrected chi connectivity index (χ3v) is 5.22. The summed E-state index contributed by atoms with van der Waals surface area (Å²) in [5.41, 5.74) is 1.44. The molecule has 2 aromatic rings. The lowest BCUT2D eigenvalue weighted by Gasteiger charge is -2.39. The van der Waals surface area contributed by atoms with Crippen LogP contribution in [0.15, 0.2) is 42.6 Å². The van der Waals surface area contributed by atoms with Crippen LogP contribution < -0.4 is 5.32 Å². The maximum Gasteiger partial charge on any atom is 0.318 e. The van der Waals surface area contributed by atoms with Gasteiger partial charge in [-0.2, -0.15) is 0 Å². The molecule has 3 amide bonds. The minimum absolute atomic E-state index is 0.0159. The molecule has 3 rings (SSSR count). The van der Waals surface area contributed by atoms with E-state index in [4.69, 9.17) is 0 Å². The Kier molecular flexibility index (Phi) is 6.19. The van der Waals surface area contributed by atoms with Crippen molar-refractivity contribution < 1.29 is 14.0 Å². The van der Waals surface area contributed by atoms with Gasteiger partial charge in [-0.3, -0.25) is 4.79 Å². The first-order valence-corrected chi connectivity index (χ1v) is 10.4. The van der Waals surface area contributed by atoms with Crippen LogP contribution in [0.1, 0.15) is 51.9 Å². The molecule has 0 unspecified atom stereocenters.